The molecule has 150 valence electrons. The summed E-state index contributed by atoms with van der Waals surface area (Å²) >= 11 is 0. The number of piperidine rings is 1. The maximum Gasteiger partial charge on any atom is 0.416 e. The van der Waals surface area contributed by atoms with Gasteiger partial charge in [0.05, 0.1) is 11.2 Å². The van der Waals surface area contributed by atoms with Crippen molar-refractivity contribution >= 4 is 5.91 Å². The average molecular weight is 394 g/mol. The summed E-state index contributed by atoms with van der Waals surface area (Å²) in [6, 6.07) is 4.66. The maximum atomic E-state index is 13.0. The van der Waals surface area contributed by atoms with Crippen molar-refractivity contribution in [3.8, 4) is 11.3 Å². The molecule has 0 radical (unpaired) electrons. The number of likely N-dealkylation sites (tertiary alicyclic amines) is 1. The van der Waals surface area contributed by atoms with Crippen molar-refractivity contribution in [3.63, 3.8) is 0 Å². The van der Waals surface area contributed by atoms with Crippen LogP contribution in [0.5, 0.6) is 0 Å². The number of hydrogen-bond donors (Lipinski definition) is 1. The second-order valence-corrected chi connectivity index (χ2v) is 7.96. The third-order valence-corrected chi connectivity index (χ3v) is 6.46. The van der Waals surface area contributed by atoms with Gasteiger partial charge in [-0.3, -0.25) is 4.79 Å². The first-order valence-electron chi connectivity index (χ1n) is 9.26. The normalized spacial score (nSPS) is 24.2. The van der Waals surface area contributed by atoms with Gasteiger partial charge in [0.15, 0.2) is 17.8 Å². The summed E-state index contributed by atoms with van der Waals surface area (Å²) in [5, 5.41) is 10.5. The molecule has 1 spiro atoms. The number of benzene rings is 1. The van der Waals surface area contributed by atoms with Crippen LogP contribution in [0.15, 0.2) is 35.1 Å². The zero-order valence-corrected chi connectivity index (χ0v) is 15.4. The smallest absolute Gasteiger partial charge is 0.416 e. The van der Waals surface area contributed by atoms with Crippen LogP contribution < -0.4 is 0 Å². The molecule has 1 aromatic heterocycles. The second-order valence-electron chi connectivity index (χ2n) is 7.96. The van der Waals surface area contributed by atoms with E-state index in [0.717, 1.165) is 31.4 Å². The fourth-order valence-electron chi connectivity index (χ4n) is 4.36. The Hall–Kier alpha value is -2.35. The number of nitrogens with zero attached hydrogens (tertiary/aromatic N) is 2. The van der Waals surface area contributed by atoms with Gasteiger partial charge in [0.1, 0.15) is 0 Å². The zero-order chi connectivity index (χ0) is 20.2. The molecule has 0 bridgehead atoms. The van der Waals surface area contributed by atoms with Crippen LogP contribution in [0.2, 0.25) is 0 Å². The molecule has 1 saturated carbocycles. The van der Waals surface area contributed by atoms with E-state index in [4.69, 9.17) is 4.42 Å². The lowest BCUT2D eigenvalue weighted by Gasteiger charge is -2.58. The van der Waals surface area contributed by atoms with Crippen molar-refractivity contribution in [2.75, 3.05) is 13.1 Å². The number of rotatable bonds is 2. The lowest BCUT2D eigenvalue weighted by Crippen LogP contribution is -2.60. The van der Waals surface area contributed by atoms with Gasteiger partial charge in [0.25, 0.3) is 5.91 Å². The molecule has 28 heavy (non-hydrogen) atoms. The summed E-state index contributed by atoms with van der Waals surface area (Å²) in [5.41, 5.74) is -1.48. The quantitative estimate of drug-likeness (QED) is 0.832. The van der Waals surface area contributed by atoms with Gasteiger partial charge in [-0.1, -0.05) is 12.1 Å². The molecule has 2 heterocycles. The zero-order valence-electron chi connectivity index (χ0n) is 15.4. The molecule has 1 atom stereocenters. The largest absolute Gasteiger partial charge is 0.443 e. The first kappa shape index (κ1) is 19.0. The topological polar surface area (TPSA) is 66.6 Å². The number of halogens is 3. The summed E-state index contributed by atoms with van der Waals surface area (Å²) in [4.78, 5) is 18.5. The minimum atomic E-state index is -4.49. The summed E-state index contributed by atoms with van der Waals surface area (Å²) in [6.07, 6.45) is -0.303. The van der Waals surface area contributed by atoms with Crippen LogP contribution in [0.25, 0.3) is 11.3 Å². The minimum absolute atomic E-state index is 0.00986. The fourth-order valence-corrected chi connectivity index (χ4v) is 4.36. The standard InChI is InChI=1S/C20H21F3N2O3/c1-18(27)5-6-19(18)7-9-25(10-8-19)17(26)15-16(28-12-24-15)13-3-2-4-14(11-13)20(21,22)23/h2-4,11-12,27H,5-10H2,1H3. The van der Waals surface area contributed by atoms with Crippen LogP contribution in [0.3, 0.4) is 0 Å². The Morgan fingerprint density at radius 3 is 2.50 bits per heavy atom. The highest BCUT2D eigenvalue weighted by Gasteiger charge is 2.56. The Labute approximate surface area is 160 Å². The van der Waals surface area contributed by atoms with Gasteiger partial charge in [-0.05, 0) is 44.7 Å². The van der Waals surface area contributed by atoms with Crippen LogP contribution in [0, 0.1) is 5.41 Å². The third kappa shape index (κ3) is 2.99. The molecule has 2 aromatic rings. The predicted molar refractivity (Wildman–Crippen MR) is 94.4 cm³/mol. The van der Waals surface area contributed by atoms with Gasteiger partial charge in [0.2, 0.25) is 0 Å². The number of hydrogen-bond acceptors (Lipinski definition) is 4. The first-order valence-corrected chi connectivity index (χ1v) is 9.26. The van der Waals surface area contributed by atoms with E-state index < -0.39 is 17.3 Å². The van der Waals surface area contributed by atoms with Crippen molar-refractivity contribution < 1.29 is 27.5 Å². The van der Waals surface area contributed by atoms with Gasteiger partial charge in [-0.25, -0.2) is 4.98 Å². The van der Waals surface area contributed by atoms with E-state index in [-0.39, 0.29) is 28.3 Å². The van der Waals surface area contributed by atoms with Crippen LogP contribution >= 0.6 is 0 Å². The molecule has 1 unspecified atom stereocenters. The Kier molecular flexibility index (Phi) is 4.30. The fraction of sp³-hybridized carbons (Fsp3) is 0.500. The molecule has 4 rings (SSSR count). The van der Waals surface area contributed by atoms with E-state index in [1.165, 1.54) is 12.1 Å². The Bertz CT molecular complexity index is 896. The van der Waals surface area contributed by atoms with Crippen LogP contribution in [-0.2, 0) is 6.18 Å². The molecule has 1 amide bonds. The van der Waals surface area contributed by atoms with E-state index in [1.807, 2.05) is 6.92 Å². The van der Waals surface area contributed by atoms with Crippen molar-refractivity contribution in [2.45, 2.75) is 44.4 Å². The number of aliphatic hydroxyl groups is 1. The highest BCUT2D eigenvalue weighted by atomic mass is 19.4. The summed E-state index contributed by atoms with van der Waals surface area (Å²) in [5.74, 6) is -0.331. The van der Waals surface area contributed by atoms with E-state index in [9.17, 15) is 23.1 Å². The Morgan fingerprint density at radius 1 is 1.21 bits per heavy atom. The first-order chi connectivity index (χ1) is 13.1. The second kappa shape index (κ2) is 6.34. The highest BCUT2D eigenvalue weighted by molar-refractivity contribution is 5.97. The molecule has 1 aliphatic heterocycles. The Balaban J connectivity index is 1.54. The van der Waals surface area contributed by atoms with Crippen molar-refractivity contribution in [1.82, 2.24) is 9.88 Å². The van der Waals surface area contributed by atoms with E-state index >= 15 is 0 Å². The van der Waals surface area contributed by atoms with Crippen molar-refractivity contribution in [2.24, 2.45) is 5.41 Å². The number of aromatic nitrogens is 1. The average Bonchev–Trinajstić information content (AvgIpc) is 3.16. The molecule has 1 aliphatic carbocycles. The van der Waals surface area contributed by atoms with Crippen LogP contribution in [-0.4, -0.2) is 39.6 Å². The number of carbonyl (C=O) groups is 1. The molecular weight excluding hydrogens is 373 g/mol. The molecule has 2 fully saturated rings. The minimum Gasteiger partial charge on any atom is -0.443 e. The monoisotopic (exact) mass is 394 g/mol. The molecule has 5 nitrogen and oxygen atoms in total. The van der Waals surface area contributed by atoms with Crippen molar-refractivity contribution in [3.05, 3.63) is 41.9 Å². The maximum absolute atomic E-state index is 13.0. The lowest BCUT2D eigenvalue weighted by molar-refractivity contribution is -0.174. The summed E-state index contributed by atoms with van der Waals surface area (Å²) in [6.45, 7) is 2.80. The number of alkyl halides is 3. The molecule has 1 aromatic carbocycles. The van der Waals surface area contributed by atoms with Gasteiger partial charge < -0.3 is 14.4 Å². The van der Waals surface area contributed by atoms with E-state index in [0.29, 0.717) is 25.9 Å². The SMILES string of the molecule is CC1(O)CCC12CCN(C(=O)c1ncoc1-c1cccc(C(F)(F)F)c1)CC2. The van der Waals surface area contributed by atoms with E-state index in [1.54, 1.807) is 4.90 Å². The molecule has 2 aliphatic rings. The number of carbonyl (C=O) groups excluding carboxylic acids is 1. The van der Waals surface area contributed by atoms with Gasteiger partial charge in [-0.2, -0.15) is 13.2 Å². The molecule has 8 heteroatoms. The highest BCUT2D eigenvalue weighted by Crippen LogP contribution is 2.56. The van der Waals surface area contributed by atoms with Crippen LogP contribution in [0.1, 0.15) is 48.7 Å². The van der Waals surface area contributed by atoms with E-state index in [2.05, 4.69) is 4.98 Å². The van der Waals surface area contributed by atoms with Gasteiger partial charge >= 0.3 is 6.18 Å². The lowest BCUT2D eigenvalue weighted by atomic mass is 9.53. The van der Waals surface area contributed by atoms with Crippen molar-refractivity contribution in [1.29, 1.82) is 0 Å². The molecule has 1 saturated heterocycles. The number of oxazole rings is 1. The molecule has 1 N–H and O–H groups in total. The molecular formula is C20H21F3N2O3. The van der Waals surface area contributed by atoms with Gasteiger partial charge in [0, 0.05) is 24.1 Å². The Morgan fingerprint density at radius 2 is 1.93 bits per heavy atom. The summed E-state index contributed by atoms with van der Waals surface area (Å²) in [7, 11) is 0. The summed E-state index contributed by atoms with van der Waals surface area (Å²) < 4.78 is 44.2. The van der Waals surface area contributed by atoms with Gasteiger partial charge in [-0.15, -0.1) is 0 Å². The third-order valence-electron chi connectivity index (χ3n) is 6.46. The predicted octanol–water partition coefficient (Wildman–Crippen LogP) is 4.13. The number of amides is 1. The van der Waals surface area contributed by atoms with Crippen LogP contribution in [0.4, 0.5) is 13.2 Å².